The van der Waals surface area contributed by atoms with E-state index in [1.165, 1.54) is 23.1 Å². The summed E-state index contributed by atoms with van der Waals surface area (Å²) in [7, 11) is 0. The van der Waals surface area contributed by atoms with Crippen molar-refractivity contribution in [1.82, 2.24) is 10.2 Å². The van der Waals surface area contributed by atoms with Crippen molar-refractivity contribution in [3.8, 4) is 0 Å². The van der Waals surface area contributed by atoms with Gasteiger partial charge in [-0.1, -0.05) is 37.6 Å². The fraction of sp³-hybridized carbons (Fsp3) is 0.542. The summed E-state index contributed by atoms with van der Waals surface area (Å²) in [4.78, 5) is 36.8. The third-order valence-corrected chi connectivity index (χ3v) is 7.07. The van der Waals surface area contributed by atoms with Gasteiger partial charge < -0.3 is 14.6 Å². The zero-order valence-corrected chi connectivity index (χ0v) is 19.7. The molecule has 1 saturated heterocycles. The molecule has 0 saturated carbocycles. The number of aryl methyl sites for hydroxylation is 1. The van der Waals surface area contributed by atoms with Gasteiger partial charge in [0.05, 0.1) is 6.42 Å². The summed E-state index contributed by atoms with van der Waals surface area (Å²) in [6.45, 7) is 4.04. The number of likely N-dealkylation sites (tertiary alicyclic amines) is 1. The van der Waals surface area contributed by atoms with Crippen LogP contribution in [0.3, 0.4) is 0 Å². The van der Waals surface area contributed by atoms with Gasteiger partial charge in [-0.3, -0.25) is 19.3 Å². The van der Waals surface area contributed by atoms with Gasteiger partial charge in [0.2, 0.25) is 11.8 Å². The average molecular weight is 481 g/mol. The van der Waals surface area contributed by atoms with Crippen LogP contribution in [0.1, 0.15) is 50.5 Å². The van der Waals surface area contributed by atoms with Crippen molar-refractivity contribution in [2.75, 3.05) is 25.4 Å². The first kappa shape index (κ1) is 26.9. The molecule has 7 nitrogen and oxygen atoms in total. The fourth-order valence-corrected chi connectivity index (χ4v) is 4.97. The molecule has 2 unspecified atom stereocenters. The molecule has 1 heterocycles. The number of nitrogens with zero attached hydrogens (tertiary/aromatic N) is 1. The molecule has 0 aliphatic carbocycles. The summed E-state index contributed by atoms with van der Waals surface area (Å²) in [5, 5.41) is 2.34. The quantitative estimate of drug-likeness (QED) is 0.129. The number of benzene rings is 1. The van der Waals surface area contributed by atoms with E-state index in [1.54, 1.807) is 12.1 Å². The molecule has 1 N–H and O–H groups in total. The monoisotopic (exact) mass is 480 g/mol. The second-order valence-corrected chi connectivity index (χ2v) is 9.70. The molecule has 1 aromatic carbocycles. The Labute approximate surface area is 197 Å². The van der Waals surface area contributed by atoms with Crippen LogP contribution in [-0.4, -0.2) is 58.1 Å². The summed E-state index contributed by atoms with van der Waals surface area (Å²) in [6, 6.07) is 6.53. The summed E-state index contributed by atoms with van der Waals surface area (Å²) >= 11 is -1.32. The van der Waals surface area contributed by atoms with Gasteiger partial charge in [0.15, 0.2) is 5.37 Å². The second kappa shape index (κ2) is 14.7. The molecule has 0 aromatic heterocycles. The van der Waals surface area contributed by atoms with Gasteiger partial charge in [0.25, 0.3) is 0 Å². The van der Waals surface area contributed by atoms with Gasteiger partial charge in [-0.15, -0.1) is 0 Å². The van der Waals surface area contributed by atoms with E-state index in [4.69, 9.17) is 4.74 Å². The smallest absolute Gasteiger partial charge is 0.306 e. The molecule has 9 heteroatoms. The molecule has 2 amide bonds. The van der Waals surface area contributed by atoms with Crippen LogP contribution in [0, 0.1) is 5.82 Å². The highest BCUT2D eigenvalue weighted by Crippen LogP contribution is 2.25. The molecule has 0 radical (unpaired) electrons. The molecule has 2 rings (SSSR count). The molecule has 0 spiro atoms. The molecule has 2 atom stereocenters. The van der Waals surface area contributed by atoms with Gasteiger partial charge in [-0.05, 0) is 48.1 Å². The fourth-order valence-electron chi connectivity index (χ4n) is 3.47. The van der Waals surface area contributed by atoms with Crippen molar-refractivity contribution < 1.29 is 28.1 Å². The summed E-state index contributed by atoms with van der Waals surface area (Å²) in [5.41, 5.74) is 1.11. The Morgan fingerprint density at radius 2 is 1.94 bits per heavy atom. The number of rotatable bonds is 16. The Hall–Kier alpha value is -2.39. The molecule has 1 fully saturated rings. The minimum absolute atomic E-state index is 0.0960. The SMILES string of the molecule is C=CCOC(=O)CCC[S+]([O-])C1CC(=O)N1CC(=O)NCCCCCCc1ccc(F)cc1. The largest absolute Gasteiger partial charge is 0.615 e. The molecular weight excluding hydrogens is 447 g/mol. The van der Waals surface area contributed by atoms with E-state index in [1.807, 2.05) is 0 Å². The molecule has 33 heavy (non-hydrogen) atoms. The van der Waals surface area contributed by atoms with Gasteiger partial charge in [-0.25, -0.2) is 4.39 Å². The van der Waals surface area contributed by atoms with Crippen LogP contribution < -0.4 is 5.32 Å². The Morgan fingerprint density at radius 3 is 2.64 bits per heavy atom. The number of carbonyl (C=O) groups excluding carboxylic acids is 3. The number of hydrogen-bond donors (Lipinski definition) is 1. The highest BCUT2D eigenvalue weighted by atomic mass is 32.2. The first-order chi connectivity index (χ1) is 15.9. The maximum absolute atomic E-state index is 12.9. The predicted molar refractivity (Wildman–Crippen MR) is 125 cm³/mol. The average Bonchev–Trinajstić information content (AvgIpc) is 2.80. The van der Waals surface area contributed by atoms with Crippen LogP contribution in [0.15, 0.2) is 36.9 Å². The normalized spacial score (nSPS) is 16.1. The van der Waals surface area contributed by atoms with Crippen LogP contribution in [0.2, 0.25) is 0 Å². The molecule has 1 aromatic rings. The first-order valence-corrected chi connectivity index (χ1v) is 12.7. The van der Waals surface area contributed by atoms with Crippen molar-refractivity contribution in [3.63, 3.8) is 0 Å². The van der Waals surface area contributed by atoms with Crippen LogP contribution in [0.5, 0.6) is 0 Å². The number of esters is 1. The van der Waals surface area contributed by atoms with E-state index in [0.29, 0.717) is 13.0 Å². The number of halogens is 1. The molecule has 182 valence electrons. The number of unbranched alkanes of at least 4 members (excludes halogenated alkanes) is 3. The summed E-state index contributed by atoms with van der Waals surface area (Å²) < 4.78 is 30.2. The number of carbonyl (C=O) groups is 3. The number of nitrogens with one attached hydrogen (secondary N) is 1. The lowest BCUT2D eigenvalue weighted by molar-refractivity contribution is -0.145. The van der Waals surface area contributed by atoms with E-state index in [0.717, 1.165) is 37.7 Å². The van der Waals surface area contributed by atoms with Crippen molar-refractivity contribution >= 4 is 29.0 Å². The number of amides is 2. The van der Waals surface area contributed by atoms with Gasteiger partial charge in [0, 0.05) is 19.4 Å². The highest BCUT2D eigenvalue weighted by Gasteiger charge is 2.45. The summed E-state index contributed by atoms with van der Waals surface area (Å²) in [6.07, 6.45) is 6.91. The Balaban J connectivity index is 1.54. The summed E-state index contributed by atoms with van der Waals surface area (Å²) in [5.74, 6) is -0.771. The van der Waals surface area contributed by atoms with Gasteiger partial charge in [-0.2, -0.15) is 0 Å². The lowest BCUT2D eigenvalue weighted by atomic mass is 10.1. The minimum atomic E-state index is -1.32. The predicted octanol–water partition coefficient (Wildman–Crippen LogP) is 2.86. The number of β-lactam (4-membered cyclic amide) rings is 1. The van der Waals surface area contributed by atoms with Gasteiger partial charge >= 0.3 is 5.97 Å². The molecular formula is C24H33FN2O5S. The zero-order valence-electron chi connectivity index (χ0n) is 18.9. The topological polar surface area (TPSA) is 98.8 Å². The van der Waals surface area contributed by atoms with Crippen molar-refractivity contribution in [3.05, 3.63) is 48.3 Å². The Morgan fingerprint density at radius 1 is 1.21 bits per heavy atom. The van der Waals surface area contributed by atoms with Gasteiger partial charge in [0.1, 0.15) is 24.7 Å². The van der Waals surface area contributed by atoms with Crippen molar-refractivity contribution in [2.45, 2.75) is 56.7 Å². The van der Waals surface area contributed by atoms with E-state index in [-0.39, 0.29) is 55.3 Å². The number of ether oxygens (including phenoxy) is 1. The minimum Gasteiger partial charge on any atom is -0.615 e. The lowest BCUT2D eigenvalue weighted by Crippen LogP contribution is -2.59. The van der Waals surface area contributed by atoms with Crippen LogP contribution in [0.25, 0.3) is 0 Å². The third kappa shape index (κ3) is 9.96. The maximum Gasteiger partial charge on any atom is 0.306 e. The van der Waals surface area contributed by atoms with E-state index in [9.17, 15) is 23.3 Å². The maximum atomic E-state index is 12.9. The highest BCUT2D eigenvalue weighted by molar-refractivity contribution is 7.92. The Kier molecular flexibility index (Phi) is 12.0. The first-order valence-electron chi connectivity index (χ1n) is 11.3. The molecule has 1 aliphatic heterocycles. The lowest BCUT2D eigenvalue weighted by Gasteiger charge is -2.39. The van der Waals surface area contributed by atoms with E-state index < -0.39 is 16.5 Å². The Bertz CT molecular complexity index is 790. The zero-order chi connectivity index (χ0) is 24.1. The second-order valence-electron chi connectivity index (χ2n) is 7.98. The van der Waals surface area contributed by atoms with Crippen LogP contribution in [-0.2, 0) is 36.7 Å². The standard InChI is InChI=1S/C24H33FN2O5S/c1-2-15-32-24(30)9-7-16-33(31)23-17-22(29)27(23)18-21(28)26-14-6-4-3-5-8-19-10-12-20(25)13-11-19/h2,10-13,23H,1,3-9,14-18H2,(H,26,28). The third-order valence-electron chi connectivity index (χ3n) is 5.35. The van der Waals surface area contributed by atoms with Crippen molar-refractivity contribution in [2.24, 2.45) is 0 Å². The van der Waals surface area contributed by atoms with Crippen molar-refractivity contribution in [1.29, 1.82) is 0 Å². The van der Waals surface area contributed by atoms with Crippen LogP contribution in [0.4, 0.5) is 4.39 Å². The van der Waals surface area contributed by atoms with E-state index in [2.05, 4.69) is 11.9 Å². The van der Waals surface area contributed by atoms with E-state index >= 15 is 0 Å². The molecule has 1 aliphatic rings. The molecule has 0 bridgehead atoms. The number of hydrogen-bond acceptors (Lipinski definition) is 5. The van der Waals surface area contributed by atoms with Crippen LogP contribution >= 0.6 is 0 Å².